The van der Waals surface area contributed by atoms with Gasteiger partial charge in [0.2, 0.25) is 10.0 Å². The summed E-state index contributed by atoms with van der Waals surface area (Å²) in [5.74, 6) is 0. The fourth-order valence-electron chi connectivity index (χ4n) is 4.60. The number of nitrogens with zero attached hydrogens (tertiary/aromatic N) is 3. The predicted octanol–water partition coefficient (Wildman–Crippen LogP) is 4.76. The number of primary sulfonamides is 1. The second-order valence-electron chi connectivity index (χ2n) is 8.72. The summed E-state index contributed by atoms with van der Waals surface area (Å²) >= 11 is 0. The van der Waals surface area contributed by atoms with E-state index in [-0.39, 0.29) is 4.90 Å². The summed E-state index contributed by atoms with van der Waals surface area (Å²) in [5, 5.41) is 15.2. The van der Waals surface area contributed by atoms with E-state index in [4.69, 9.17) is 15.5 Å². The summed E-state index contributed by atoms with van der Waals surface area (Å²) in [7, 11) is -3.77. The van der Waals surface area contributed by atoms with E-state index in [0.717, 1.165) is 39.8 Å². The Bertz CT molecular complexity index is 1690. The van der Waals surface area contributed by atoms with E-state index < -0.39 is 10.0 Å². The number of aromatic nitrogens is 3. The van der Waals surface area contributed by atoms with Crippen molar-refractivity contribution in [1.29, 1.82) is 5.41 Å². The zero-order valence-corrected chi connectivity index (χ0v) is 20.7. The third kappa shape index (κ3) is 4.36. The number of nitrogens with two attached hydrogens (primary N) is 1. The lowest BCUT2D eigenvalue weighted by atomic mass is 9.99. The first-order valence-corrected chi connectivity index (χ1v) is 13.3. The van der Waals surface area contributed by atoms with E-state index in [9.17, 15) is 8.42 Å². The van der Waals surface area contributed by atoms with Crippen LogP contribution in [0.25, 0.3) is 33.4 Å². The highest BCUT2D eigenvalue weighted by Crippen LogP contribution is 2.39. The van der Waals surface area contributed by atoms with Crippen LogP contribution in [0.4, 0.5) is 0 Å². The van der Waals surface area contributed by atoms with Crippen LogP contribution in [0, 0.1) is 5.41 Å². The smallest absolute Gasteiger partial charge is 0.238 e. The Labute approximate surface area is 210 Å². The minimum absolute atomic E-state index is 0.0732. The standard InChI is InChI=1S/C28H27N5O2S/c1-2-17-32-19-31-28-25(27(32)29)24(21-9-5-3-6-10-21)26(22-11-7-4-8-12-22)33(28)18-20-13-15-23(16-14-20)36(30,34)35/h3-16,19,29H,2,17-18H2,1H3,(H2,30,34,35). The summed E-state index contributed by atoms with van der Waals surface area (Å²) in [6.45, 7) is 3.24. The SMILES string of the molecule is CCCn1cnc2c(c(-c3ccccc3)c(-c3ccccc3)n2Cc2ccc(S(N)(=O)=O)cc2)c1=N. The van der Waals surface area contributed by atoms with Crippen LogP contribution in [0.2, 0.25) is 0 Å². The lowest BCUT2D eigenvalue weighted by Crippen LogP contribution is -2.21. The zero-order valence-electron chi connectivity index (χ0n) is 19.9. The summed E-state index contributed by atoms with van der Waals surface area (Å²) in [4.78, 5) is 4.91. The Morgan fingerprint density at radius 2 is 1.50 bits per heavy atom. The number of hydrogen-bond acceptors (Lipinski definition) is 4. The number of sulfonamides is 1. The summed E-state index contributed by atoms with van der Waals surface area (Å²) in [6, 6.07) is 26.8. The number of fused-ring (bicyclic) bond motifs is 1. The van der Waals surface area contributed by atoms with Crippen LogP contribution in [-0.2, 0) is 23.1 Å². The summed E-state index contributed by atoms with van der Waals surface area (Å²) in [6.07, 6.45) is 2.63. The molecule has 5 rings (SSSR count). The van der Waals surface area contributed by atoms with E-state index in [1.807, 2.05) is 41.0 Å². The van der Waals surface area contributed by atoms with Crippen LogP contribution in [0.15, 0.2) is 96.2 Å². The van der Waals surface area contributed by atoms with Gasteiger partial charge in [0.1, 0.15) is 11.1 Å². The number of hydrogen-bond donors (Lipinski definition) is 2. The first kappa shape index (κ1) is 23.7. The van der Waals surface area contributed by atoms with Gasteiger partial charge in [0, 0.05) is 18.7 Å². The molecule has 3 N–H and O–H groups in total. The van der Waals surface area contributed by atoms with Crippen molar-refractivity contribution in [1.82, 2.24) is 14.1 Å². The Balaban J connectivity index is 1.83. The van der Waals surface area contributed by atoms with Gasteiger partial charge in [-0.15, -0.1) is 0 Å². The molecular formula is C28H27N5O2S. The predicted molar refractivity (Wildman–Crippen MR) is 142 cm³/mol. The number of rotatable bonds is 7. The topological polar surface area (TPSA) is 107 Å². The first-order chi connectivity index (χ1) is 17.4. The third-order valence-electron chi connectivity index (χ3n) is 6.25. The second kappa shape index (κ2) is 9.56. The molecule has 0 aliphatic carbocycles. The van der Waals surface area contributed by atoms with Crippen molar-refractivity contribution in [3.05, 3.63) is 102 Å². The van der Waals surface area contributed by atoms with E-state index in [1.165, 1.54) is 12.1 Å². The average Bonchev–Trinajstić information content (AvgIpc) is 3.21. The van der Waals surface area contributed by atoms with Crippen molar-refractivity contribution in [2.75, 3.05) is 0 Å². The maximum absolute atomic E-state index is 11.7. The second-order valence-corrected chi connectivity index (χ2v) is 10.3. The lowest BCUT2D eigenvalue weighted by molar-refractivity contribution is 0.597. The number of nitrogens with one attached hydrogen (secondary N) is 1. The molecule has 0 saturated heterocycles. The van der Waals surface area contributed by atoms with Gasteiger partial charge in [-0.2, -0.15) is 0 Å². The molecule has 0 amide bonds. The molecule has 8 heteroatoms. The van der Waals surface area contributed by atoms with Crippen LogP contribution >= 0.6 is 0 Å². The Morgan fingerprint density at radius 3 is 2.08 bits per heavy atom. The van der Waals surface area contributed by atoms with Gasteiger partial charge in [-0.3, -0.25) is 5.41 Å². The summed E-state index contributed by atoms with van der Waals surface area (Å²) < 4.78 is 27.5. The maximum Gasteiger partial charge on any atom is 0.238 e. The molecule has 0 aliphatic heterocycles. The van der Waals surface area contributed by atoms with Crippen molar-refractivity contribution >= 4 is 21.1 Å². The van der Waals surface area contributed by atoms with Crippen LogP contribution in [0.3, 0.4) is 0 Å². The Hall–Kier alpha value is -4.01. The van der Waals surface area contributed by atoms with Crippen LogP contribution in [-0.4, -0.2) is 22.5 Å². The van der Waals surface area contributed by atoms with Gasteiger partial charge in [-0.05, 0) is 35.2 Å². The monoisotopic (exact) mass is 497 g/mol. The molecular weight excluding hydrogens is 470 g/mol. The van der Waals surface area contributed by atoms with Crippen molar-refractivity contribution < 1.29 is 8.42 Å². The highest BCUT2D eigenvalue weighted by atomic mass is 32.2. The van der Waals surface area contributed by atoms with E-state index >= 15 is 0 Å². The largest absolute Gasteiger partial charge is 0.320 e. The van der Waals surface area contributed by atoms with E-state index in [1.54, 1.807) is 18.5 Å². The van der Waals surface area contributed by atoms with Gasteiger partial charge in [0.05, 0.1) is 22.3 Å². The molecule has 2 aromatic heterocycles. The van der Waals surface area contributed by atoms with Crippen LogP contribution in [0.1, 0.15) is 18.9 Å². The summed E-state index contributed by atoms with van der Waals surface area (Å²) in [5.41, 5.74) is 5.96. The molecule has 0 atom stereocenters. The van der Waals surface area contributed by atoms with Crippen LogP contribution in [0.5, 0.6) is 0 Å². The quantitative estimate of drug-likeness (QED) is 0.339. The highest BCUT2D eigenvalue weighted by molar-refractivity contribution is 7.89. The highest BCUT2D eigenvalue weighted by Gasteiger charge is 2.23. The van der Waals surface area contributed by atoms with Gasteiger partial charge in [-0.25, -0.2) is 18.5 Å². The molecule has 0 radical (unpaired) electrons. The molecule has 0 saturated carbocycles. The first-order valence-electron chi connectivity index (χ1n) is 11.8. The fourth-order valence-corrected chi connectivity index (χ4v) is 5.12. The molecule has 0 spiro atoms. The molecule has 5 aromatic rings. The molecule has 36 heavy (non-hydrogen) atoms. The molecule has 182 valence electrons. The molecule has 0 aliphatic rings. The average molecular weight is 498 g/mol. The molecule has 0 unspecified atom stereocenters. The normalized spacial score (nSPS) is 11.7. The minimum Gasteiger partial charge on any atom is -0.320 e. The Morgan fingerprint density at radius 1 is 0.889 bits per heavy atom. The van der Waals surface area contributed by atoms with Gasteiger partial charge >= 0.3 is 0 Å². The Kier molecular flexibility index (Phi) is 6.30. The van der Waals surface area contributed by atoms with Gasteiger partial charge < -0.3 is 9.13 Å². The van der Waals surface area contributed by atoms with Gasteiger partial charge in [-0.1, -0.05) is 79.7 Å². The van der Waals surface area contributed by atoms with Gasteiger partial charge in [0.15, 0.2) is 0 Å². The van der Waals surface area contributed by atoms with Crippen molar-refractivity contribution in [3.63, 3.8) is 0 Å². The molecule has 7 nitrogen and oxygen atoms in total. The fraction of sp³-hybridized carbons (Fsp3) is 0.143. The molecule has 2 heterocycles. The number of aryl methyl sites for hydroxylation is 1. The minimum atomic E-state index is -3.77. The van der Waals surface area contributed by atoms with E-state index in [2.05, 4.69) is 35.8 Å². The molecule has 0 fully saturated rings. The zero-order chi connectivity index (χ0) is 25.3. The van der Waals surface area contributed by atoms with Crippen molar-refractivity contribution in [2.24, 2.45) is 5.14 Å². The number of benzene rings is 3. The lowest BCUT2D eigenvalue weighted by Gasteiger charge is -2.13. The van der Waals surface area contributed by atoms with Gasteiger partial charge in [0.25, 0.3) is 0 Å². The third-order valence-corrected chi connectivity index (χ3v) is 7.18. The molecule has 0 bridgehead atoms. The van der Waals surface area contributed by atoms with Crippen LogP contribution < -0.4 is 10.6 Å². The maximum atomic E-state index is 11.7. The molecule has 3 aromatic carbocycles. The van der Waals surface area contributed by atoms with E-state index in [0.29, 0.717) is 24.2 Å². The van der Waals surface area contributed by atoms with Crippen molar-refractivity contribution in [3.8, 4) is 22.4 Å². The van der Waals surface area contributed by atoms with Crippen molar-refractivity contribution in [2.45, 2.75) is 31.3 Å².